The van der Waals surface area contributed by atoms with Gasteiger partial charge in [0.25, 0.3) is 0 Å². The Labute approximate surface area is 877 Å². The summed E-state index contributed by atoms with van der Waals surface area (Å²) in [6.45, 7) is 49.2. The number of hydrogen-bond donors (Lipinski definition) is 0. The molecule has 0 atom stereocenters. The Kier molecular flexibility index (Phi) is 34.4. The fourth-order valence-corrected chi connectivity index (χ4v) is 25.5. The molecule has 0 aliphatic carbocycles. The van der Waals surface area contributed by atoms with Crippen LogP contribution in [0, 0.1) is 49.2 Å². The standard InChI is InChI=1S/C30H30NSi.C27H24NSi.C26H22NSi.3C14H16NSi.3Ir/c1-20(2)16-22-18-29(31-19-30(22)32(3,4)5)21-14-15-27-25-12-7-6-10-23(25)24-11-8-9-13-26(24)28(27)17-21;1-18-15-26(28-17-27(18)29(2,3)4)19-13-14-24-22-11-6-5-9-20(22)21-10-7-8-12-23(21)25(24)16-19;1-28(2,3)19-13-15-26(27-17-19)18-12-14-24-22-10-5-4-8-20(22)21-9-6-7-11-23(21)25(24)16-18;3*1-16(2,3)13-9-10-14(15-11-13)12-7-5-4-6-8-12;;;/h6-13,15,17-20H,16H2,1-5H3;5-12,14-17H,1-4H3;4-11,13-17H,1-3H3;3*4-7,9-11H,1-3H3;;;/q6*-1;;;. The maximum Gasteiger partial charge on any atom is 0.0798 e. The van der Waals surface area contributed by atoms with Crippen LogP contribution in [0.4, 0.5) is 0 Å². The number of hydrogen-bond acceptors (Lipinski definition) is 6. The van der Waals surface area contributed by atoms with Gasteiger partial charge in [-0.1, -0.05) is 398 Å². The van der Waals surface area contributed by atoms with Crippen molar-refractivity contribution in [2.24, 2.45) is 5.92 Å². The van der Waals surface area contributed by atoms with E-state index < -0.39 is 48.4 Å². The van der Waals surface area contributed by atoms with Crippen molar-refractivity contribution in [1.82, 2.24) is 29.9 Å². The summed E-state index contributed by atoms with van der Waals surface area (Å²) in [7, 11) is -7.87. The molecule has 15 heteroatoms. The van der Waals surface area contributed by atoms with Crippen molar-refractivity contribution in [3.05, 3.63) is 400 Å². The molecule has 0 saturated carbocycles. The van der Waals surface area contributed by atoms with Gasteiger partial charge in [0.05, 0.1) is 48.4 Å². The Morgan fingerprint density at radius 2 is 0.443 bits per heavy atom. The second kappa shape index (κ2) is 45.4. The molecule has 6 aromatic heterocycles. The summed E-state index contributed by atoms with van der Waals surface area (Å²) in [5, 5.41) is 31.5. The molecule has 6 heterocycles. The normalized spacial score (nSPS) is 11.7. The third-order valence-corrected chi connectivity index (χ3v) is 38.0. The first-order valence-corrected chi connectivity index (χ1v) is 69.0. The topological polar surface area (TPSA) is 77.3 Å². The van der Waals surface area contributed by atoms with Crippen LogP contribution >= 0.6 is 0 Å². The van der Waals surface area contributed by atoms with Crippen molar-refractivity contribution in [3.8, 4) is 67.5 Å². The van der Waals surface area contributed by atoms with Crippen LogP contribution < -0.4 is 31.1 Å². The Morgan fingerprint density at radius 1 is 0.214 bits per heavy atom. The van der Waals surface area contributed by atoms with E-state index in [0.717, 1.165) is 74.0 Å². The third kappa shape index (κ3) is 24.9. The molecule has 711 valence electrons. The van der Waals surface area contributed by atoms with E-state index in [2.05, 4.69) is 451 Å². The molecule has 6 nitrogen and oxygen atoms in total. The van der Waals surface area contributed by atoms with E-state index in [-0.39, 0.29) is 60.3 Å². The second-order valence-electron chi connectivity index (χ2n) is 42.6. The average Bonchev–Trinajstić information content (AvgIpc) is 0.753. The zero-order chi connectivity index (χ0) is 96.7. The number of aryl methyl sites for hydroxylation is 1. The van der Waals surface area contributed by atoms with Gasteiger partial charge in [-0.2, -0.15) is 0 Å². The molecule has 140 heavy (non-hydrogen) atoms. The van der Waals surface area contributed by atoms with Crippen LogP contribution in [0.15, 0.2) is 353 Å². The first-order chi connectivity index (χ1) is 65.5. The molecule has 0 aliphatic heterocycles. The zero-order valence-electron chi connectivity index (χ0n) is 84.5. The number of nitrogens with zero attached hydrogens (tertiary/aromatic N) is 6. The molecule has 15 aromatic carbocycles. The van der Waals surface area contributed by atoms with Crippen LogP contribution in [0.2, 0.25) is 118 Å². The third-order valence-electron chi connectivity index (χ3n) is 25.7. The van der Waals surface area contributed by atoms with Gasteiger partial charge in [0.1, 0.15) is 0 Å². The smallest absolute Gasteiger partial charge is 0.0798 e. The molecule has 0 N–H and O–H groups in total. The van der Waals surface area contributed by atoms with Gasteiger partial charge in [-0.3, -0.25) is 0 Å². The monoisotopic (exact) mass is 2460 g/mol. The second-order valence-corrected chi connectivity index (χ2v) is 72.9. The largest absolute Gasteiger partial charge is 0.305 e. The van der Waals surface area contributed by atoms with E-state index in [1.807, 2.05) is 91.4 Å². The zero-order valence-corrected chi connectivity index (χ0v) is 97.6. The van der Waals surface area contributed by atoms with Crippen LogP contribution in [-0.4, -0.2) is 78.3 Å². The van der Waals surface area contributed by atoms with Crippen molar-refractivity contribution in [1.29, 1.82) is 0 Å². The summed E-state index contributed by atoms with van der Waals surface area (Å²) in [6, 6.07) is 131. The molecule has 21 aromatic rings. The van der Waals surface area contributed by atoms with E-state index in [4.69, 9.17) is 15.0 Å². The van der Waals surface area contributed by atoms with E-state index in [1.54, 1.807) is 0 Å². The minimum Gasteiger partial charge on any atom is -0.305 e. The minimum absolute atomic E-state index is 0. The molecule has 0 fully saturated rings. The molecule has 0 amide bonds. The van der Waals surface area contributed by atoms with Crippen LogP contribution in [-0.2, 0) is 66.7 Å². The summed E-state index contributed by atoms with van der Waals surface area (Å²) in [5.74, 6) is 0.622. The predicted molar refractivity (Wildman–Crippen MR) is 610 cm³/mol. The molecule has 0 saturated heterocycles. The number of benzene rings is 15. The number of pyridine rings is 6. The summed E-state index contributed by atoms with van der Waals surface area (Å²) in [4.78, 5) is 28.1. The molecular weight excluding hydrogens is 2330 g/mol. The minimum atomic E-state index is -1.45. The SMILES string of the molecule is CC(C)Cc1cc(-c2[c-]cc3c4ccccc4c4ccccc4c3c2)ncc1[Si](C)(C)C.C[Si](C)(C)c1ccc(-c2[c-]cc3c4ccccc4c4ccccc4c3c2)nc1.C[Si](C)(C)c1ccc(-c2[c-]cccc2)nc1.C[Si](C)(C)c1ccc(-c2[c-]cccc2)nc1.C[Si](C)(C)c1ccc(-c2[c-]cccc2)nc1.Cc1cc(-c2[c-]cc3c4ccccc4c4ccccc4c3c2)ncc1[Si](C)(C)C.[Ir].[Ir].[Ir]. The Hall–Kier alpha value is -11.2. The quantitative estimate of drug-likeness (QED) is 0.0613. The van der Waals surface area contributed by atoms with Gasteiger partial charge in [0, 0.05) is 97.5 Å². The summed E-state index contributed by atoms with van der Waals surface area (Å²) in [6.07, 6.45) is 13.4. The Balaban J connectivity index is 0.000000144. The van der Waals surface area contributed by atoms with Gasteiger partial charge in [-0.15, -0.1) is 179 Å². The maximum absolute atomic E-state index is 4.94. The molecule has 0 aliphatic rings. The molecule has 0 spiro atoms. The molecule has 0 bridgehead atoms. The van der Waals surface area contributed by atoms with Crippen molar-refractivity contribution in [2.45, 2.75) is 145 Å². The van der Waals surface area contributed by atoms with Gasteiger partial charge < -0.3 is 29.9 Å². The first-order valence-electron chi connectivity index (χ1n) is 48.0. The van der Waals surface area contributed by atoms with E-state index in [9.17, 15) is 0 Å². The van der Waals surface area contributed by atoms with Crippen molar-refractivity contribution in [3.63, 3.8) is 0 Å². The Bertz CT molecular complexity index is 7540. The van der Waals surface area contributed by atoms with Gasteiger partial charge in [-0.05, 0) is 133 Å². The van der Waals surface area contributed by atoms with Gasteiger partial charge >= 0.3 is 0 Å². The van der Waals surface area contributed by atoms with Crippen LogP contribution in [0.1, 0.15) is 25.0 Å². The Morgan fingerprint density at radius 3 is 0.671 bits per heavy atom. The van der Waals surface area contributed by atoms with Crippen LogP contribution in [0.3, 0.4) is 0 Å². The predicted octanol–water partition coefficient (Wildman–Crippen LogP) is 30.4. The van der Waals surface area contributed by atoms with E-state index in [0.29, 0.717) is 5.92 Å². The maximum atomic E-state index is 4.94. The van der Waals surface area contributed by atoms with Gasteiger partial charge in [0.2, 0.25) is 0 Å². The average molecular weight is 2460 g/mol. The van der Waals surface area contributed by atoms with Crippen LogP contribution in [0.5, 0.6) is 0 Å². The summed E-state index contributed by atoms with van der Waals surface area (Å²) in [5.41, 5.74) is 15.2. The summed E-state index contributed by atoms with van der Waals surface area (Å²) < 4.78 is 0. The van der Waals surface area contributed by atoms with Crippen molar-refractivity contribution >= 4 is 177 Å². The van der Waals surface area contributed by atoms with Gasteiger partial charge in [-0.25, -0.2) is 0 Å². The number of fused-ring (bicyclic) bond motifs is 18. The summed E-state index contributed by atoms with van der Waals surface area (Å²) >= 11 is 0. The molecule has 21 rings (SSSR count). The van der Waals surface area contributed by atoms with Crippen molar-refractivity contribution < 1.29 is 60.3 Å². The molecular formula is C125H124Ir3N6Si6-6. The molecule has 0 unspecified atom stereocenters. The van der Waals surface area contributed by atoms with Gasteiger partial charge in [0.15, 0.2) is 0 Å². The fraction of sp³-hybridized carbons (Fsp3) is 0.184. The first kappa shape index (κ1) is 106. The molecule has 3 radical (unpaired) electrons. The van der Waals surface area contributed by atoms with Crippen molar-refractivity contribution in [2.75, 3.05) is 0 Å². The number of rotatable bonds is 14. The fourth-order valence-electron chi connectivity index (χ4n) is 18.0. The van der Waals surface area contributed by atoms with E-state index in [1.165, 1.54) is 139 Å². The van der Waals surface area contributed by atoms with E-state index >= 15 is 0 Å². The number of aromatic nitrogens is 6. The van der Waals surface area contributed by atoms with Crippen LogP contribution in [0.25, 0.3) is 164 Å².